The number of nitrogens with one attached hydrogen (secondary N) is 1. The lowest BCUT2D eigenvalue weighted by Gasteiger charge is -2.47. The first-order chi connectivity index (χ1) is 13.6. The van der Waals surface area contributed by atoms with Gasteiger partial charge in [0.1, 0.15) is 0 Å². The van der Waals surface area contributed by atoms with Gasteiger partial charge in [-0.1, -0.05) is 18.2 Å². The average Bonchev–Trinajstić information content (AvgIpc) is 3.17. The molecule has 5 heteroatoms. The molecule has 28 heavy (non-hydrogen) atoms. The van der Waals surface area contributed by atoms with Crippen molar-refractivity contribution < 1.29 is 11.0 Å². The fourth-order valence-electron chi connectivity index (χ4n) is 6.23. The second-order valence-electron chi connectivity index (χ2n) is 9.57. The van der Waals surface area contributed by atoms with Crippen molar-refractivity contribution in [2.24, 2.45) is 0 Å². The van der Waals surface area contributed by atoms with Crippen LogP contribution in [0.3, 0.4) is 0 Å². The van der Waals surface area contributed by atoms with Gasteiger partial charge in [-0.05, 0) is 77.1 Å². The molecular formula is C23H35N3O2. The molecule has 4 heterocycles. The Morgan fingerprint density at radius 1 is 1.14 bits per heavy atom. The fourth-order valence-corrected chi connectivity index (χ4v) is 6.23. The number of nitrogens with zero attached hydrogens (tertiary/aromatic N) is 2. The zero-order valence-electron chi connectivity index (χ0n) is 17.2. The van der Waals surface area contributed by atoms with Gasteiger partial charge >= 0.3 is 6.09 Å². The number of carbonyl (C=O) groups excluding carboxylic acids is 1. The van der Waals surface area contributed by atoms with Gasteiger partial charge in [-0.3, -0.25) is 0 Å². The van der Waals surface area contributed by atoms with Crippen LogP contribution in [0.4, 0.5) is 10.5 Å². The van der Waals surface area contributed by atoms with E-state index in [2.05, 4.69) is 39.4 Å². The Morgan fingerprint density at radius 2 is 1.82 bits per heavy atom. The third-order valence-corrected chi connectivity index (χ3v) is 7.64. The lowest BCUT2D eigenvalue weighted by atomic mass is 9.74. The normalized spacial score (nSPS) is 31.1. The maximum Gasteiger partial charge on any atom is 0.410 e. The van der Waals surface area contributed by atoms with Gasteiger partial charge in [-0.25, -0.2) is 4.79 Å². The van der Waals surface area contributed by atoms with Crippen molar-refractivity contribution in [2.75, 3.05) is 25.0 Å². The van der Waals surface area contributed by atoms with E-state index in [1.165, 1.54) is 37.2 Å². The first-order valence-corrected chi connectivity index (χ1v) is 11.1. The highest BCUT2D eigenvalue weighted by atomic mass is 16.6. The van der Waals surface area contributed by atoms with Crippen LogP contribution >= 0.6 is 0 Å². The first-order valence-electron chi connectivity index (χ1n) is 11.1. The quantitative estimate of drug-likeness (QED) is 0.827. The van der Waals surface area contributed by atoms with E-state index in [9.17, 15) is 4.79 Å². The number of fused-ring (bicyclic) bond motifs is 4. The zero-order chi connectivity index (χ0) is 19.3. The number of hydrogen-bond donors (Lipinski definition) is 1. The second kappa shape index (κ2) is 6.94. The molecule has 154 valence electrons. The van der Waals surface area contributed by atoms with Crippen LogP contribution in [0, 0.1) is 0 Å². The number of anilines is 1. The Labute approximate surface area is 169 Å². The minimum Gasteiger partial charge on any atom is -0.447 e. The molecule has 4 aliphatic heterocycles. The molecule has 1 spiro atoms. The van der Waals surface area contributed by atoms with Crippen LogP contribution in [0.5, 0.6) is 0 Å². The monoisotopic (exact) mass is 385 g/mol. The van der Waals surface area contributed by atoms with Crippen molar-refractivity contribution in [2.45, 2.75) is 82.0 Å². The summed E-state index contributed by atoms with van der Waals surface area (Å²) in [5.74, 6) is 0. The van der Waals surface area contributed by atoms with Gasteiger partial charge in [0.2, 0.25) is 0 Å². The molecule has 0 aliphatic carbocycles. The van der Waals surface area contributed by atoms with Crippen LogP contribution in [-0.4, -0.2) is 59.8 Å². The number of benzene rings is 1. The summed E-state index contributed by atoms with van der Waals surface area (Å²) in [5.41, 5.74) is 3.19. The van der Waals surface area contributed by atoms with E-state index in [-0.39, 0.29) is 13.6 Å². The van der Waals surface area contributed by atoms with Crippen molar-refractivity contribution >= 4 is 11.8 Å². The van der Waals surface area contributed by atoms with Crippen LogP contribution < -0.4 is 5.32 Å². The van der Waals surface area contributed by atoms with Crippen LogP contribution in [0.2, 0.25) is 0 Å². The summed E-state index contributed by atoms with van der Waals surface area (Å²) in [6.07, 6.45) is 6.87. The molecule has 1 aromatic carbocycles. The number of carbonyl (C=O) groups is 1. The first kappa shape index (κ1) is 18.3. The summed E-state index contributed by atoms with van der Waals surface area (Å²) >= 11 is 0. The summed E-state index contributed by atoms with van der Waals surface area (Å²) < 4.78 is 5.51. The van der Waals surface area contributed by atoms with Gasteiger partial charge in [-0.2, -0.15) is 0 Å². The molecule has 1 N–H and O–H groups in total. The number of hydrogen-bond acceptors (Lipinski definition) is 4. The van der Waals surface area contributed by atoms with Gasteiger partial charge in [-0.15, -0.1) is 0 Å². The second-order valence-corrected chi connectivity index (χ2v) is 9.57. The molecule has 3 saturated heterocycles. The van der Waals surface area contributed by atoms with Gasteiger partial charge < -0.3 is 19.9 Å². The lowest BCUT2D eigenvalue weighted by molar-refractivity contribution is 0.0178. The molecule has 5 rings (SSSR count). The van der Waals surface area contributed by atoms with E-state index in [0.29, 0.717) is 23.5 Å². The molecule has 1 amide bonds. The predicted molar refractivity (Wildman–Crippen MR) is 113 cm³/mol. The Hall–Kier alpha value is -1.75. The van der Waals surface area contributed by atoms with Crippen LogP contribution in [0.25, 0.3) is 0 Å². The molecule has 1 aromatic rings. The number of para-hydroxylation sites is 1. The average molecular weight is 386 g/mol. The van der Waals surface area contributed by atoms with Crippen molar-refractivity contribution in [3.05, 3.63) is 29.8 Å². The van der Waals surface area contributed by atoms with Gasteiger partial charge in [0.05, 0.1) is 6.10 Å². The van der Waals surface area contributed by atoms with Crippen molar-refractivity contribution in [3.63, 3.8) is 0 Å². The topological polar surface area (TPSA) is 44.8 Å². The maximum atomic E-state index is 12.5. The molecule has 3 fully saturated rings. The van der Waals surface area contributed by atoms with Crippen molar-refractivity contribution in [3.8, 4) is 0 Å². The van der Waals surface area contributed by atoms with E-state index in [1.807, 2.05) is 13.8 Å². The summed E-state index contributed by atoms with van der Waals surface area (Å²) in [5, 5.41) is 3.64. The molecule has 4 aliphatic rings. The van der Waals surface area contributed by atoms with Crippen molar-refractivity contribution in [1.82, 2.24) is 9.80 Å². The van der Waals surface area contributed by atoms with Crippen LogP contribution in [-0.2, 0) is 10.2 Å². The fraction of sp³-hybridized carbons (Fsp3) is 0.696. The molecular weight excluding hydrogens is 350 g/mol. The van der Waals surface area contributed by atoms with E-state index in [1.54, 1.807) is 0 Å². The standard InChI is InChI=1S/C23H33N3O2.H2/c1-16(2)28-22(27)26-17-7-8-18(26)14-19(13-17)25-11-9-23(10-12-25)15-24-21-6-4-3-5-20(21)23;/h3-6,16-19,24H,7-15H2,1-2H3;1H. The third kappa shape index (κ3) is 2.99. The summed E-state index contributed by atoms with van der Waals surface area (Å²) in [6.45, 7) is 7.32. The highest BCUT2D eigenvalue weighted by Gasteiger charge is 2.48. The molecule has 2 unspecified atom stereocenters. The summed E-state index contributed by atoms with van der Waals surface area (Å²) in [4.78, 5) is 17.3. The lowest BCUT2D eigenvalue weighted by Crippen LogP contribution is -2.55. The van der Waals surface area contributed by atoms with Gasteiger partial charge in [0.15, 0.2) is 0 Å². The van der Waals surface area contributed by atoms with E-state index in [4.69, 9.17) is 4.74 Å². The largest absolute Gasteiger partial charge is 0.447 e. The maximum absolute atomic E-state index is 12.5. The summed E-state index contributed by atoms with van der Waals surface area (Å²) in [7, 11) is 0. The van der Waals surface area contributed by atoms with E-state index >= 15 is 0 Å². The van der Waals surface area contributed by atoms with Gasteiger partial charge in [0, 0.05) is 37.2 Å². The number of likely N-dealkylation sites (tertiary alicyclic amines) is 1. The highest BCUT2D eigenvalue weighted by molar-refractivity contribution is 5.69. The third-order valence-electron chi connectivity index (χ3n) is 7.64. The van der Waals surface area contributed by atoms with E-state index in [0.717, 1.165) is 32.2 Å². The zero-order valence-corrected chi connectivity index (χ0v) is 17.2. The predicted octanol–water partition coefficient (Wildman–Crippen LogP) is 4.23. The molecule has 0 aromatic heterocycles. The number of rotatable bonds is 2. The molecule has 5 nitrogen and oxygen atoms in total. The SMILES string of the molecule is CC(C)OC(=O)N1C2CCC1CC(N1CCC3(CC1)CNc1ccccc13)C2.[HH]. The minimum atomic E-state index is -0.0906. The van der Waals surface area contributed by atoms with Crippen molar-refractivity contribution in [1.29, 1.82) is 0 Å². The Balaban J connectivity index is 0.00000205. The Morgan fingerprint density at radius 3 is 2.50 bits per heavy atom. The van der Waals surface area contributed by atoms with Gasteiger partial charge in [0.25, 0.3) is 0 Å². The number of amides is 1. The smallest absolute Gasteiger partial charge is 0.410 e. The molecule has 2 atom stereocenters. The Bertz CT molecular complexity index is 733. The van der Waals surface area contributed by atoms with E-state index < -0.39 is 0 Å². The Kier molecular flexibility index (Phi) is 4.53. The molecule has 0 radical (unpaired) electrons. The molecule has 0 saturated carbocycles. The highest BCUT2D eigenvalue weighted by Crippen LogP contribution is 2.45. The molecule has 2 bridgehead atoms. The summed E-state index contributed by atoms with van der Waals surface area (Å²) in [6, 6.07) is 10.2. The number of piperidine rings is 2. The number of ether oxygens (including phenoxy) is 1. The van der Waals surface area contributed by atoms with Crippen LogP contribution in [0.1, 0.15) is 59.4 Å². The van der Waals surface area contributed by atoms with Crippen LogP contribution in [0.15, 0.2) is 24.3 Å². The minimum absolute atomic E-state index is 0.